The van der Waals surface area contributed by atoms with Crippen LogP contribution >= 0.6 is 11.6 Å². The molecule has 6 heteroatoms. The van der Waals surface area contributed by atoms with Gasteiger partial charge in [-0.3, -0.25) is 4.79 Å². The monoisotopic (exact) mass is 390 g/mol. The molecule has 4 aromatic rings. The molecular formula is C22H19ClN4O. The number of nitrogens with one attached hydrogen (secondary N) is 1. The number of piperazine rings is 1. The number of pyridine rings is 1. The molecule has 5 rings (SSSR count). The summed E-state index contributed by atoms with van der Waals surface area (Å²) in [5, 5.41) is 2.72. The topological polar surface area (TPSA) is 52.2 Å². The quantitative estimate of drug-likeness (QED) is 0.554. The molecule has 1 aliphatic rings. The smallest absolute Gasteiger partial charge is 0.270 e. The van der Waals surface area contributed by atoms with E-state index in [0.717, 1.165) is 40.7 Å². The molecule has 2 aromatic carbocycles. The molecule has 1 saturated heterocycles. The summed E-state index contributed by atoms with van der Waals surface area (Å²) >= 11 is 6.22. The summed E-state index contributed by atoms with van der Waals surface area (Å²) in [5.41, 5.74) is 2.39. The summed E-state index contributed by atoms with van der Waals surface area (Å²) in [5.74, 6) is 0.974. The molecule has 0 saturated carbocycles. The highest BCUT2D eigenvalue weighted by molar-refractivity contribution is 6.35. The molecule has 0 radical (unpaired) electrons. The second-order valence-electron chi connectivity index (χ2n) is 7.03. The second kappa shape index (κ2) is 6.84. The zero-order chi connectivity index (χ0) is 19.1. The van der Waals surface area contributed by atoms with Gasteiger partial charge in [-0.2, -0.15) is 0 Å². The Morgan fingerprint density at radius 1 is 0.929 bits per heavy atom. The molecule has 1 N–H and O–H groups in total. The summed E-state index contributed by atoms with van der Waals surface area (Å²) in [4.78, 5) is 25.0. The van der Waals surface area contributed by atoms with Gasteiger partial charge >= 0.3 is 0 Å². The lowest BCUT2D eigenvalue weighted by Crippen LogP contribution is -2.49. The van der Waals surface area contributed by atoms with Crippen LogP contribution in [0.2, 0.25) is 5.02 Å². The summed E-state index contributed by atoms with van der Waals surface area (Å²) in [6, 6.07) is 19.8. The van der Waals surface area contributed by atoms with Crippen LogP contribution < -0.4 is 4.90 Å². The van der Waals surface area contributed by atoms with E-state index < -0.39 is 0 Å². The zero-order valence-electron chi connectivity index (χ0n) is 15.2. The fourth-order valence-corrected chi connectivity index (χ4v) is 4.00. The van der Waals surface area contributed by atoms with Gasteiger partial charge < -0.3 is 14.8 Å². The Morgan fingerprint density at radius 3 is 2.54 bits per heavy atom. The largest absolute Gasteiger partial charge is 0.353 e. The van der Waals surface area contributed by atoms with Gasteiger partial charge in [-0.1, -0.05) is 41.9 Å². The first-order valence-corrected chi connectivity index (χ1v) is 9.74. The van der Waals surface area contributed by atoms with Crippen molar-refractivity contribution in [1.29, 1.82) is 0 Å². The van der Waals surface area contributed by atoms with Gasteiger partial charge in [0, 0.05) is 37.0 Å². The number of carbonyl (C=O) groups excluding carboxylic acids is 1. The molecule has 0 spiro atoms. The molecule has 1 fully saturated rings. The highest BCUT2D eigenvalue weighted by Gasteiger charge is 2.24. The summed E-state index contributed by atoms with van der Waals surface area (Å²) < 4.78 is 0. The number of para-hydroxylation sites is 2. The maximum atomic E-state index is 12.9. The highest BCUT2D eigenvalue weighted by atomic mass is 35.5. The first-order chi connectivity index (χ1) is 13.7. The van der Waals surface area contributed by atoms with Crippen molar-refractivity contribution in [3.05, 3.63) is 71.4 Å². The molecule has 0 bridgehead atoms. The van der Waals surface area contributed by atoms with E-state index >= 15 is 0 Å². The second-order valence-corrected chi connectivity index (χ2v) is 7.44. The summed E-state index contributed by atoms with van der Waals surface area (Å²) in [7, 11) is 0. The van der Waals surface area contributed by atoms with Crippen molar-refractivity contribution in [1.82, 2.24) is 14.9 Å². The molecule has 0 atom stereocenters. The van der Waals surface area contributed by atoms with E-state index in [1.807, 2.05) is 47.4 Å². The first kappa shape index (κ1) is 17.1. The van der Waals surface area contributed by atoms with E-state index in [1.54, 1.807) is 0 Å². The number of nitrogens with zero attached hydrogens (tertiary/aromatic N) is 3. The maximum absolute atomic E-state index is 12.9. The van der Waals surface area contributed by atoms with Gasteiger partial charge in [0.15, 0.2) is 0 Å². The Balaban J connectivity index is 1.31. The van der Waals surface area contributed by atoms with Crippen LogP contribution in [0.4, 0.5) is 5.82 Å². The molecule has 0 aliphatic carbocycles. The number of aromatic amines is 1. The van der Waals surface area contributed by atoms with Crippen molar-refractivity contribution in [2.24, 2.45) is 0 Å². The van der Waals surface area contributed by atoms with Gasteiger partial charge in [-0.15, -0.1) is 0 Å². The number of aromatic nitrogens is 2. The molecule has 140 valence electrons. The number of halogens is 1. The zero-order valence-corrected chi connectivity index (χ0v) is 16.0. The highest BCUT2D eigenvalue weighted by Crippen LogP contribution is 2.25. The van der Waals surface area contributed by atoms with Crippen molar-refractivity contribution in [2.45, 2.75) is 0 Å². The number of benzene rings is 2. The third-order valence-electron chi connectivity index (χ3n) is 5.31. The molecule has 1 aliphatic heterocycles. The summed E-state index contributed by atoms with van der Waals surface area (Å²) in [6.07, 6.45) is 0. The fraction of sp³-hybridized carbons (Fsp3) is 0.182. The number of fused-ring (bicyclic) bond motifs is 2. The standard InChI is InChI=1S/C22H19ClN4O/c23-17-6-3-5-16-14-19(25-21(16)17)22(28)27-12-10-26(11-13-27)20-9-8-15-4-1-2-7-18(15)24-20/h1-9,14,25H,10-13H2. The van der Waals surface area contributed by atoms with Crippen LogP contribution in [-0.4, -0.2) is 47.0 Å². The number of hydrogen-bond acceptors (Lipinski definition) is 3. The van der Waals surface area contributed by atoms with Gasteiger partial charge in [-0.05, 0) is 30.3 Å². The normalized spacial score (nSPS) is 14.8. The van der Waals surface area contributed by atoms with E-state index in [1.165, 1.54) is 0 Å². The number of amides is 1. The van der Waals surface area contributed by atoms with Crippen LogP contribution in [0.1, 0.15) is 10.5 Å². The number of anilines is 1. The van der Waals surface area contributed by atoms with Crippen molar-refractivity contribution in [3.8, 4) is 0 Å². The van der Waals surface area contributed by atoms with E-state index in [0.29, 0.717) is 23.8 Å². The van der Waals surface area contributed by atoms with Gasteiger partial charge in [0.1, 0.15) is 11.5 Å². The lowest BCUT2D eigenvalue weighted by Gasteiger charge is -2.35. The fourth-order valence-electron chi connectivity index (χ4n) is 3.77. The van der Waals surface area contributed by atoms with Gasteiger partial charge in [-0.25, -0.2) is 4.98 Å². The van der Waals surface area contributed by atoms with Gasteiger partial charge in [0.05, 0.1) is 16.1 Å². The average molecular weight is 391 g/mol. The van der Waals surface area contributed by atoms with Crippen LogP contribution in [0, 0.1) is 0 Å². The van der Waals surface area contributed by atoms with E-state index in [4.69, 9.17) is 16.6 Å². The predicted molar refractivity (Wildman–Crippen MR) is 113 cm³/mol. The molecule has 3 heterocycles. The van der Waals surface area contributed by atoms with Crippen LogP contribution in [0.5, 0.6) is 0 Å². The third kappa shape index (κ3) is 2.98. The number of rotatable bonds is 2. The molecule has 5 nitrogen and oxygen atoms in total. The predicted octanol–water partition coefficient (Wildman–Crippen LogP) is 4.33. The Morgan fingerprint density at radius 2 is 1.71 bits per heavy atom. The Bertz CT molecular complexity index is 1180. The Labute approximate surface area is 167 Å². The van der Waals surface area contributed by atoms with E-state index in [9.17, 15) is 4.79 Å². The van der Waals surface area contributed by atoms with Crippen LogP contribution in [-0.2, 0) is 0 Å². The number of H-pyrrole nitrogens is 1. The van der Waals surface area contributed by atoms with Crippen molar-refractivity contribution >= 4 is 45.1 Å². The number of carbonyl (C=O) groups is 1. The average Bonchev–Trinajstić information content (AvgIpc) is 3.19. The Hall–Kier alpha value is -3.05. The van der Waals surface area contributed by atoms with Gasteiger partial charge in [0.2, 0.25) is 0 Å². The molecular weight excluding hydrogens is 372 g/mol. The lowest BCUT2D eigenvalue weighted by molar-refractivity contribution is 0.0741. The SMILES string of the molecule is O=C(c1cc2cccc(Cl)c2[nH]1)N1CCN(c2ccc3ccccc3n2)CC1. The van der Waals surface area contributed by atoms with E-state index in [-0.39, 0.29) is 5.91 Å². The van der Waals surface area contributed by atoms with Gasteiger partial charge in [0.25, 0.3) is 5.91 Å². The Kier molecular flexibility index (Phi) is 4.17. The maximum Gasteiger partial charge on any atom is 0.270 e. The van der Waals surface area contributed by atoms with Crippen LogP contribution in [0.15, 0.2) is 60.7 Å². The molecule has 0 unspecified atom stereocenters. The molecule has 1 amide bonds. The summed E-state index contributed by atoms with van der Waals surface area (Å²) in [6.45, 7) is 2.85. The van der Waals surface area contributed by atoms with E-state index in [2.05, 4.69) is 28.1 Å². The first-order valence-electron chi connectivity index (χ1n) is 9.36. The minimum Gasteiger partial charge on any atom is -0.353 e. The number of hydrogen-bond donors (Lipinski definition) is 1. The molecule has 2 aromatic heterocycles. The minimum atomic E-state index is 0.0124. The van der Waals surface area contributed by atoms with Crippen LogP contribution in [0.3, 0.4) is 0 Å². The minimum absolute atomic E-state index is 0.0124. The lowest BCUT2D eigenvalue weighted by atomic mass is 10.2. The van der Waals surface area contributed by atoms with Crippen molar-refractivity contribution < 1.29 is 4.79 Å². The van der Waals surface area contributed by atoms with Crippen LogP contribution in [0.25, 0.3) is 21.8 Å². The molecule has 28 heavy (non-hydrogen) atoms. The van der Waals surface area contributed by atoms with Crippen molar-refractivity contribution in [2.75, 3.05) is 31.1 Å². The van der Waals surface area contributed by atoms with Crippen molar-refractivity contribution in [3.63, 3.8) is 0 Å². The third-order valence-corrected chi connectivity index (χ3v) is 5.63.